The van der Waals surface area contributed by atoms with Crippen molar-refractivity contribution in [3.05, 3.63) is 57.6 Å². The molecule has 0 unspecified atom stereocenters. The number of hydrogen-bond donors (Lipinski definition) is 1. The third-order valence-electron chi connectivity index (χ3n) is 3.25. The molecule has 0 bridgehead atoms. The van der Waals surface area contributed by atoms with Crippen LogP contribution >= 0.6 is 0 Å². The topological polar surface area (TPSA) is 64.0 Å². The lowest BCUT2D eigenvalue weighted by Crippen LogP contribution is -2.26. The van der Waals surface area contributed by atoms with Crippen LogP contribution in [0.4, 0.5) is 5.82 Å². The molecule has 1 aromatic heterocycles. The largest absolute Gasteiger partial charge is 0.365 e. The number of nitrogens with one attached hydrogen (secondary N) is 1. The minimum atomic E-state index is -0.372. The Morgan fingerprint density at radius 2 is 1.95 bits per heavy atom. The number of carbonyl (C=O) groups is 1. The van der Waals surface area contributed by atoms with Crippen LogP contribution in [0.2, 0.25) is 0 Å². The number of ketones is 1. The molecule has 104 valence electrons. The fraction of sp³-hybridized carbons (Fsp3) is 0.267. The van der Waals surface area contributed by atoms with Crippen molar-refractivity contribution < 1.29 is 4.79 Å². The third-order valence-corrected chi connectivity index (χ3v) is 3.25. The molecule has 0 aliphatic heterocycles. The van der Waals surface area contributed by atoms with Crippen LogP contribution in [0.3, 0.4) is 0 Å². The molecule has 0 aliphatic rings. The van der Waals surface area contributed by atoms with Gasteiger partial charge < -0.3 is 5.32 Å². The predicted molar refractivity (Wildman–Crippen MR) is 78.0 cm³/mol. The number of rotatable bonds is 4. The molecule has 2 aromatic rings. The highest BCUT2D eigenvalue weighted by Gasteiger charge is 2.15. The number of aromatic nitrogens is 2. The highest BCUT2D eigenvalue weighted by Crippen LogP contribution is 2.16. The quantitative estimate of drug-likeness (QED) is 0.863. The Morgan fingerprint density at radius 1 is 1.30 bits per heavy atom. The van der Waals surface area contributed by atoms with Gasteiger partial charge in [-0.05, 0) is 19.4 Å². The number of Topliss-reactive ketones (excluding diaryl/α,β-unsaturated/α-hetero) is 1. The number of anilines is 1. The van der Waals surface area contributed by atoms with E-state index in [-0.39, 0.29) is 11.5 Å². The van der Waals surface area contributed by atoms with Gasteiger partial charge in [0.2, 0.25) is 0 Å². The van der Waals surface area contributed by atoms with E-state index in [9.17, 15) is 9.59 Å². The Morgan fingerprint density at radius 3 is 2.55 bits per heavy atom. The highest BCUT2D eigenvalue weighted by molar-refractivity contribution is 5.99. The first kappa shape index (κ1) is 14.0. The molecule has 5 nitrogen and oxygen atoms in total. The van der Waals surface area contributed by atoms with Crippen molar-refractivity contribution in [2.45, 2.75) is 20.4 Å². The fourth-order valence-corrected chi connectivity index (χ4v) is 2.04. The molecule has 0 fully saturated rings. The van der Waals surface area contributed by atoms with E-state index < -0.39 is 0 Å². The normalized spacial score (nSPS) is 10.3. The second-order valence-electron chi connectivity index (χ2n) is 4.66. The van der Waals surface area contributed by atoms with Crippen molar-refractivity contribution in [1.82, 2.24) is 9.55 Å². The average Bonchev–Trinajstić information content (AvgIpc) is 2.43. The second-order valence-corrected chi connectivity index (χ2v) is 4.66. The van der Waals surface area contributed by atoms with Gasteiger partial charge in [0.1, 0.15) is 5.82 Å². The molecule has 2 rings (SSSR count). The summed E-state index contributed by atoms with van der Waals surface area (Å²) in [5.41, 5.74) is 1.77. The molecule has 5 heteroatoms. The van der Waals surface area contributed by atoms with E-state index in [0.29, 0.717) is 23.6 Å². The van der Waals surface area contributed by atoms with Gasteiger partial charge in [0.15, 0.2) is 5.78 Å². The summed E-state index contributed by atoms with van der Waals surface area (Å²) in [6, 6.07) is 9.74. The van der Waals surface area contributed by atoms with Gasteiger partial charge in [0.25, 0.3) is 0 Å². The van der Waals surface area contributed by atoms with Crippen LogP contribution in [0.1, 0.15) is 28.5 Å². The molecule has 0 radical (unpaired) electrons. The number of hydrogen-bond acceptors (Lipinski definition) is 4. The van der Waals surface area contributed by atoms with Crippen molar-refractivity contribution in [2.75, 3.05) is 5.32 Å². The summed E-state index contributed by atoms with van der Waals surface area (Å²) in [4.78, 5) is 27.5. The van der Waals surface area contributed by atoms with Crippen LogP contribution in [-0.2, 0) is 13.6 Å². The van der Waals surface area contributed by atoms with Gasteiger partial charge in [-0.3, -0.25) is 9.36 Å². The highest BCUT2D eigenvalue weighted by atomic mass is 16.1. The zero-order valence-electron chi connectivity index (χ0n) is 11.8. The molecule has 0 saturated carbocycles. The summed E-state index contributed by atoms with van der Waals surface area (Å²) in [6.07, 6.45) is 0. The van der Waals surface area contributed by atoms with E-state index in [4.69, 9.17) is 0 Å². The van der Waals surface area contributed by atoms with Crippen LogP contribution in [0, 0.1) is 6.92 Å². The lowest BCUT2D eigenvalue weighted by atomic mass is 10.1. The van der Waals surface area contributed by atoms with E-state index in [1.54, 1.807) is 14.0 Å². The maximum Gasteiger partial charge on any atom is 0.349 e. The molecule has 0 aliphatic carbocycles. The molecule has 1 heterocycles. The number of benzene rings is 1. The Hall–Kier alpha value is -2.43. The van der Waals surface area contributed by atoms with E-state index in [0.717, 1.165) is 5.56 Å². The molecule has 0 amide bonds. The smallest absolute Gasteiger partial charge is 0.349 e. The van der Waals surface area contributed by atoms with Crippen LogP contribution < -0.4 is 11.0 Å². The first-order valence-electron chi connectivity index (χ1n) is 6.37. The van der Waals surface area contributed by atoms with Crippen LogP contribution in [0.25, 0.3) is 0 Å². The van der Waals surface area contributed by atoms with Crippen LogP contribution in [0.15, 0.2) is 35.1 Å². The van der Waals surface area contributed by atoms with E-state index in [1.165, 1.54) is 11.5 Å². The first-order chi connectivity index (χ1) is 9.50. The lowest BCUT2D eigenvalue weighted by molar-refractivity contribution is 0.101. The van der Waals surface area contributed by atoms with Crippen LogP contribution in [-0.4, -0.2) is 15.3 Å². The lowest BCUT2D eigenvalue weighted by Gasteiger charge is -2.13. The van der Waals surface area contributed by atoms with Gasteiger partial charge >= 0.3 is 5.69 Å². The van der Waals surface area contributed by atoms with Crippen molar-refractivity contribution in [3.63, 3.8) is 0 Å². The van der Waals surface area contributed by atoms with Crippen molar-refractivity contribution in [3.8, 4) is 0 Å². The van der Waals surface area contributed by atoms with E-state index >= 15 is 0 Å². The third kappa shape index (κ3) is 2.77. The summed E-state index contributed by atoms with van der Waals surface area (Å²) >= 11 is 0. The molecule has 0 spiro atoms. The number of nitrogens with zero attached hydrogens (tertiary/aromatic N) is 2. The molecule has 20 heavy (non-hydrogen) atoms. The predicted octanol–water partition coefficient (Wildman–Crippen LogP) is 1.90. The molecular weight excluding hydrogens is 254 g/mol. The maximum atomic E-state index is 11.8. The van der Waals surface area contributed by atoms with Crippen molar-refractivity contribution in [2.24, 2.45) is 7.05 Å². The van der Waals surface area contributed by atoms with E-state index in [2.05, 4.69) is 10.3 Å². The SMILES string of the molecule is CC(=O)c1c(NCc2ccccc2)nc(=O)n(C)c1C. The Balaban J connectivity index is 2.36. The van der Waals surface area contributed by atoms with Gasteiger partial charge in [-0.1, -0.05) is 30.3 Å². The van der Waals surface area contributed by atoms with Gasteiger partial charge in [-0.15, -0.1) is 0 Å². The van der Waals surface area contributed by atoms with Crippen LogP contribution in [0.5, 0.6) is 0 Å². The summed E-state index contributed by atoms with van der Waals surface area (Å²) in [6.45, 7) is 3.73. The minimum absolute atomic E-state index is 0.110. The molecule has 1 N–H and O–H groups in total. The standard InChI is InChI=1S/C15H17N3O2/c1-10-13(11(2)19)14(17-15(20)18(10)3)16-9-12-7-5-4-6-8-12/h4-8H,9H2,1-3H3,(H,16,17,20). The molecule has 0 saturated heterocycles. The van der Waals surface area contributed by atoms with Crippen molar-refractivity contribution in [1.29, 1.82) is 0 Å². The summed E-state index contributed by atoms with van der Waals surface area (Å²) < 4.78 is 1.38. The van der Waals surface area contributed by atoms with Gasteiger partial charge in [-0.2, -0.15) is 4.98 Å². The van der Waals surface area contributed by atoms with Gasteiger partial charge in [-0.25, -0.2) is 4.79 Å². The van der Waals surface area contributed by atoms with Gasteiger partial charge in [0.05, 0.1) is 5.56 Å². The fourth-order valence-electron chi connectivity index (χ4n) is 2.04. The Labute approximate surface area is 117 Å². The first-order valence-corrected chi connectivity index (χ1v) is 6.37. The van der Waals surface area contributed by atoms with Crippen molar-refractivity contribution >= 4 is 11.6 Å². The second kappa shape index (κ2) is 5.69. The summed E-state index contributed by atoms with van der Waals surface area (Å²) in [5, 5.41) is 3.07. The summed E-state index contributed by atoms with van der Waals surface area (Å²) in [7, 11) is 1.61. The molecular formula is C15H17N3O2. The van der Waals surface area contributed by atoms with Gasteiger partial charge in [0, 0.05) is 19.3 Å². The Kier molecular flexibility index (Phi) is 3.98. The zero-order chi connectivity index (χ0) is 14.7. The maximum absolute atomic E-state index is 11.8. The average molecular weight is 271 g/mol. The van der Waals surface area contributed by atoms with E-state index in [1.807, 2.05) is 30.3 Å². The number of carbonyl (C=O) groups excluding carboxylic acids is 1. The molecule has 0 atom stereocenters. The zero-order valence-corrected chi connectivity index (χ0v) is 11.8. The Bertz CT molecular complexity index is 690. The summed E-state index contributed by atoms with van der Waals surface area (Å²) in [5.74, 6) is 0.239. The minimum Gasteiger partial charge on any atom is -0.365 e. The monoisotopic (exact) mass is 271 g/mol. The molecule has 1 aromatic carbocycles.